The number of benzene rings is 2. The second kappa shape index (κ2) is 7.47. The molecular formula is C21H17N3O2S. The molecule has 0 unspecified atom stereocenters. The number of amides is 2. The van der Waals surface area contributed by atoms with Crippen LogP contribution in [0, 0.1) is 0 Å². The Balaban J connectivity index is 1.43. The first-order valence-electron chi connectivity index (χ1n) is 8.49. The van der Waals surface area contributed by atoms with Crippen LogP contribution in [0.25, 0.3) is 10.9 Å². The van der Waals surface area contributed by atoms with Crippen LogP contribution < -0.4 is 10.6 Å². The molecule has 2 amide bonds. The van der Waals surface area contributed by atoms with E-state index < -0.39 is 0 Å². The first-order chi connectivity index (χ1) is 13.2. The van der Waals surface area contributed by atoms with Crippen LogP contribution in [0.1, 0.15) is 15.2 Å². The molecule has 0 spiro atoms. The molecule has 3 N–H and O–H groups in total. The van der Waals surface area contributed by atoms with Gasteiger partial charge in [-0.15, -0.1) is 11.3 Å². The van der Waals surface area contributed by atoms with Crippen molar-refractivity contribution in [3.8, 4) is 0 Å². The first kappa shape index (κ1) is 17.1. The van der Waals surface area contributed by atoms with Gasteiger partial charge in [-0.1, -0.05) is 30.3 Å². The molecule has 0 atom stereocenters. The molecule has 2 aromatic carbocycles. The standard InChI is InChI=1S/C21H17N3O2S/c25-20(11-14-13-22-18-8-2-1-7-17(14)18)23-15-5-3-6-16(12-15)24-21(26)19-9-4-10-27-19/h1-10,12-13,22H,11H2,(H,23,25)(H,24,26). The lowest BCUT2D eigenvalue weighted by atomic mass is 10.1. The van der Waals surface area contributed by atoms with Gasteiger partial charge in [-0.3, -0.25) is 9.59 Å². The molecule has 0 aliphatic rings. The predicted molar refractivity (Wildman–Crippen MR) is 109 cm³/mol. The first-order valence-corrected chi connectivity index (χ1v) is 9.37. The van der Waals surface area contributed by atoms with Gasteiger partial charge < -0.3 is 15.6 Å². The van der Waals surface area contributed by atoms with Crippen LogP contribution in [0.3, 0.4) is 0 Å². The van der Waals surface area contributed by atoms with Gasteiger partial charge in [-0.05, 0) is 41.3 Å². The highest BCUT2D eigenvalue weighted by atomic mass is 32.1. The van der Waals surface area contributed by atoms with Gasteiger partial charge in [-0.2, -0.15) is 0 Å². The van der Waals surface area contributed by atoms with Crippen molar-refractivity contribution in [1.29, 1.82) is 0 Å². The number of nitrogens with one attached hydrogen (secondary N) is 3. The second-order valence-electron chi connectivity index (χ2n) is 6.10. The zero-order chi connectivity index (χ0) is 18.6. The number of thiophene rings is 1. The number of para-hydroxylation sites is 1. The summed E-state index contributed by atoms with van der Waals surface area (Å²) in [5, 5.41) is 8.64. The molecular weight excluding hydrogens is 358 g/mol. The summed E-state index contributed by atoms with van der Waals surface area (Å²) in [6.07, 6.45) is 2.14. The predicted octanol–water partition coefficient (Wildman–Crippen LogP) is 4.66. The quantitative estimate of drug-likeness (QED) is 0.474. The van der Waals surface area contributed by atoms with Crippen molar-refractivity contribution in [3.63, 3.8) is 0 Å². The van der Waals surface area contributed by atoms with E-state index >= 15 is 0 Å². The number of hydrogen-bond acceptors (Lipinski definition) is 3. The highest BCUT2D eigenvalue weighted by Crippen LogP contribution is 2.20. The summed E-state index contributed by atoms with van der Waals surface area (Å²) in [6.45, 7) is 0. The summed E-state index contributed by atoms with van der Waals surface area (Å²) in [5.74, 6) is -0.270. The summed E-state index contributed by atoms with van der Waals surface area (Å²) >= 11 is 1.38. The number of H-pyrrole nitrogens is 1. The summed E-state index contributed by atoms with van der Waals surface area (Å²) in [7, 11) is 0. The van der Waals surface area contributed by atoms with Crippen LogP contribution in [0.2, 0.25) is 0 Å². The Labute approximate surface area is 160 Å². The largest absolute Gasteiger partial charge is 0.361 e. The Morgan fingerprint density at radius 1 is 0.926 bits per heavy atom. The van der Waals surface area contributed by atoms with Crippen LogP contribution in [-0.2, 0) is 11.2 Å². The number of anilines is 2. The van der Waals surface area contributed by atoms with Gasteiger partial charge >= 0.3 is 0 Å². The van der Waals surface area contributed by atoms with E-state index in [-0.39, 0.29) is 18.2 Å². The van der Waals surface area contributed by atoms with Crippen molar-refractivity contribution in [2.24, 2.45) is 0 Å². The number of carbonyl (C=O) groups is 2. The van der Waals surface area contributed by atoms with Crippen LogP contribution in [-0.4, -0.2) is 16.8 Å². The smallest absolute Gasteiger partial charge is 0.265 e. The highest BCUT2D eigenvalue weighted by Gasteiger charge is 2.10. The molecule has 134 valence electrons. The maximum absolute atomic E-state index is 12.4. The van der Waals surface area contributed by atoms with E-state index in [1.807, 2.05) is 41.9 Å². The van der Waals surface area contributed by atoms with Crippen LogP contribution in [0.5, 0.6) is 0 Å². The number of rotatable bonds is 5. The molecule has 0 aliphatic carbocycles. The maximum atomic E-state index is 12.4. The third-order valence-corrected chi connectivity index (χ3v) is 5.04. The van der Waals surface area contributed by atoms with E-state index in [4.69, 9.17) is 0 Å². The molecule has 2 aromatic heterocycles. The van der Waals surface area contributed by atoms with Gasteiger partial charge in [0.15, 0.2) is 0 Å². The molecule has 27 heavy (non-hydrogen) atoms. The van der Waals surface area contributed by atoms with Gasteiger partial charge in [-0.25, -0.2) is 0 Å². The lowest BCUT2D eigenvalue weighted by Crippen LogP contribution is -2.15. The topological polar surface area (TPSA) is 74.0 Å². The van der Waals surface area contributed by atoms with Crippen molar-refractivity contribution >= 4 is 45.4 Å². The average Bonchev–Trinajstić information content (AvgIpc) is 3.33. The van der Waals surface area contributed by atoms with Crippen molar-refractivity contribution in [1.82, 2.24) is 4.98 Å². The Hall–Kier alpha value is -3.38. The molecule has 6 heteroatoms. The van der Waals surface area contributed by atoms with Gasteiger partial charge in [0.05, 0.1) is 11.3 Å². The van der Waals surface area contributed by atoms with Gasteiger partial charge in [0.1, 0.15) is 0 Å². The zero-order valence-corrected chi connectivity index (χ0v) is 15.2. The lowest BCUT2D eigenvalue weighted by Gasteiger charge is -2.08. The zero-order valence-electron chi connectivity index (χ0n) is 14.4. The average molecular weight is 375 g/mol. The fourth-order valence-electron chi connectivity index (χ4n) is 2.93. The molecule has 4 aromatic rings. The van der Waals surface area contributed by atoms with Gasteiger partial charge in [0.25, 0.3) is 5.91 Å². The molecule has 0 bridgehead atoms. The Morgan fingerprint density at radius 2 is 1.74 bits per heavy atom. The fourth-order valence-corrected chi connectivity index (χ4v) is 3.55. The minimum atomic E-state index is -0.160. The van der Waals surface area contributed by atoms with Crippen LogP contribution in [0.15, 0.2) is 72.2 Å². The second-order valence-corrected chi connectivity index (χ2v) is 7.04. The van der Waals surface area contributed by atoms with Crippen LogP contribution in [0.4, 0.5) is 11.4 Å². The number of hydrogen-bond donors (Lipinski definition) is 3. The highest BCUT2D eigenvalue weighted by molar-refractivity contribution is 7.12. The molecule has 5 nitrogen and oxygen atoms in total. The molecule has 4 rings (SSSR count). The van der Waals surface area contributed by atoms with Crippen LogP contribution >= 0.6 is 11.3 Å². The third kappa shape index (κ3) is 3.91. The SMILES string of the molecule is O=C(Cc1c[nH]c2ccccc12)Nc1cccc(NC(=O)c2cccs2)c1. The summed E-state index contributed by atoms with van der Waals surface area (Å²) in [5.41, 5.74) is 3.24. The Bertz CT molecular complexity index is 1100. The van der Waals surface area contributed by atoms with E-state index in [0.29, 0.717) is 16.3 Å². The fraction of sp³-hybridized carbons (Fsp3) is 0.0476. The van der Waals surface area contributed by atoms with Crippen molar-refractivity contribution in [2.75, 3.05) is 10.6 Å². The Morgan fingerprint density at radius 3 is 2.56 bits per heavy atom. The van der Waals surface area contributed by atoms with E-state index in [1.54, 1.807) is 30.3 Å². The molecule has 0 saturated heterocycles. The molecule has 0 aliphatic heterocycles. The van der Waals surface area contributed by atoms with E-state index in [1.165, 1.54) is 11.3 Å². The van der Waals surface area contributed by atoms with E-state index in [0.717, 1.165) is 16.5 Å². The third-order valence-electron chi connectivity index (χ3n) is 4.18. The van der Waals surface area contributed by atoms with Gasteiger partial charge in [0, 0.05) is 28.5 Å². The molecule has 2 heterocycles. The maximum Gasteiger partial charge on any atom is 0.265 e. The van der Waals surface area contributed by atoms with Crippen molar-refractivity contribution in [2.45, 2.75) is 6.42 Å². The number of fused-ring (bicyclic) bond motifs is 1. The number of aromatic nitrogens is 1. The summed E-state index contributed by atoms with van der Waals surface area (Å²) in [4.78, 5) is 28.4. The van der Waals surface area contributed by atoms with Crippen molar-refractivity contribution in [3.05, 3.63) is 82.7 Å². The summed E-state index contributed by atoms with van der Waals surface area (Å²) in [6, 6.07) is 18.6. The molecule has 0 saturated carbocycles. The van der Waals surface area contributed by atoms with Gasteiger partial charge in [0.2, 0.25) is 5.91 Å². The van der Waals surface area contributed by atoms with E-state index in [2.05, 4.69) is 15.6 Å². The van der Waals surface area contributed by atoms with Crippen molar-refractivity contribution < 1.29 is 9.59 Å². The minimum Gasteiger partial charge on any atom is -0.361 e. The lowest BCUT2D eigenvalue weighted by molar-refractivity contribution is -0.115. The monoisotopic (exact) mass is 375 g/mol. The van der Waals surface area contributed by atoms with E-state index in [9.17, 15) is 9.59 Å². The minimum absolute atomic E-state index is 0.110. The summed E-state index contributed by atoms with van der Waals surface area (Å²) < 4.78 is 0. The number of carbonyl (C=O) groups excluding carboxylic acids is 2. The molecule has 0 fully saturated rings. The molecule has 0 radical (unpaired) electrons. The number of aromatic amines is 1. The Kier molecular flexibility index (Phi) is 4.72. The normalized spacial score (nSPS) is 10.7.